The van der Waals surface area contributed by atoms with Crippen molar-refractivity contribution in [2.75, 3.05) is 26.2 Å². The number of nitrogens with zero attached hydrogens (tertiary/aromatic N) is 4. The zero-order valence-electron chi connectivity index (χ0n) is 17.3. The average Bonchev–Trinajstić information content (AvgIpc) is 3.20. The molecule has 0 spiro atoms. The zero-order valence-corrected chi connectivity index (χ0v) is 17.3. The Bertz CT molecular complexity index is 1010. The van der Waals surface area contributed by atoms with Crippen molar-refractivity contribution in [2.24, 2.45) is 7.05 Å². The second-order valence-electron chi connectivity index (χ2n) is 7.65. The minimum absolute atomic E-state index is 0.0383. The highest BCUT2D eigenvalue weighted by Crippen LogP contribution is 2.30. The molecule has 0 unspecified atom stereocenters. The van der Waals surface area contributed by atoms with E-state index < -0.39 is 0 Å². The minimum Gasteiger partial charge on any atom is -0.337 e. The van der Waals surface area contributed by atoms with Gasteiger partial charge >= 0.3 is 0 Å². The lowest BCUT2D eigenvalue weighted by molar-refractivity contribution is -0.127. The number of benzene rings is 2. The molecule has 1 fully saturated rings. The topological polar surface area (TPSA) is 41.4 Å². The average molecular weight is 422 g/mol. The number of halogens is 2. The van der Waals surface area contributed by atoms with Crippen molar-refractivity contribution in [3.63, 3.8) is 0 Å². The highest BCUT2D eigenvalue weighted by atomic mass is 19.1. The van der Waals surface area contributed by atoms with Crippen LogP contribution >= 0.6 is 0 Å². The van der Waals surface area contributed by atoms with Crippen LogP contribution in [0, 0.1) is 11.6 Å². The normalized spacial score (nSPS) is 15.2. The molecule has 4 rings (SSSR count). The van der Waals surface area contributed by atoms with Gasteiger partial charge in [-0.15, -0.1) is 0 Å². The predicted molar refractivity (Wildman–Crippen MR) is 115 cm³/mol. The molecule has 5 nitrogen and oxygen atoms in total. The summed E-state index contributed by atoms with van der Waals surface area (Å²) in [5.74, 6) is -0.626. The van der Waals surface area contributed by atoms with Crippen LogP contribution in [0.4, 0.5) is 8.78 Å². The van der Waals surface area contributed by atoms with Crippen LogP contribution in [0.15, 0.2) is 67.0 Å². The first-order chi connectivity index (χ1) is 15.0. The molecule has 1 amide bonds. The fourth-order valence-electron chi connectivity index (χ4n) is 3.90. The molecule has 160 valence electrons. The SMILES string of the molecule is Cn1cc(C=CC(=O)N2CCN(C(c3ccc(F)cc3)c3ccc(F)cc3)CC2)cn1. The largest absolute Gasteiger partial charge is 0.337 e. The maximum absolute atomic E-state index is 13.5. The van der Waals surface area contributed by atoms with E-state index in [1.807, 2.05) is 18.1 Å². The Kier molecular flexibility index (Phi) is 6.23. The Labute approximate surface area is 180 Å². The summed E-state index contributed by atoms with van der Waals surface area (Å²) in [5, 5.41) is 4.09. The molecule has 0 N–H and O–H groups in total. The smallest absolute Gasteiger partial charge is 0.246 e. The first kappa shape index (κ1) is 20.9. The van der Waals surface area contributed by atoms with E-state index in [2.05, 4.69) is 10.00 Å². The van der Waals surface area contributed by atoms with Crippen LogP contribution in [-0.2, 0) is 11.8 Å². The summed E-state index contributed by atoms with van der Waals surface area (Å²) in [6.07, 6.45) is 6.89. The molecule has 1 aliphatic rings. The van der Waals surface area contributed by atoms with Crippen LogP contribution in [-0.4, -0.2) is 51.7 Å². The number of hydrogen-bond acceptors (Lipinski definition) is 3. The number of rotatable bonds is 5. The third-order valence-corrected chi connectivity index (χ3v) is 5.51. The van der Waals surface area contributed by atoms with Gasteiger partial charge in [0.15, 0.2) is 0 Å². The molecule has 1 saturated heterocycles. The molecule has 0 saturated carbocycles. The molecule has 1 aliphatic heterocycles. The highest BCUT2D eigenvalue weighted by Gasteiger charge is 2.27. The molecule has 2 heterocycles. The summed E-state index contributed by atoms with van der Waals surface area (Å²) in [7, 11) is 1.83. The van der Waals surface area contributed by atoms with Crippen LogP contribution in [0.1, 0.15) is 22.7 Å². The van der Waals surface area contributed by atoms with E-state index in [9.17, 15) is 13.6 Å². The van der Waals surface area contributed by atoms with E-state index in [0.29, 0.717) is 26.2 Å². The van der Waals surface area contributed by atoms with Gasteiger partial charge in [0.1, 0.15) is 11.6 Å². The maximum atomic E-state index is 13.5. The van der Waals surface area contributed by atoms with E-state index >= 15 is 0 Å². The van der Waals surface area contributed by atoms with Gasteiger partial charge in [0.25, 0.3) is 0 Å². The lowest BCUT2D eigenvalue weighted by Gasteiger charge is -2.39. The Hall–Kier alpha value is -3.32. The summed E-state index contributed by atoms with van der Waals surface area (Å²) in [4.78, 5) is 16.6. The van der Waals surface area contributed by atoms with Gasteiger partial charge in [0, 0.05) is 51.1 Å². The van der Waals surface area contributed by atoms with E-state index in [4.69, 9.17) is 0 Å². The van der Waals surface area contributed by atoms with Crippen LogP contribution in [0.5, 0.6) is 0 Å². The van der Waals surface area contributed by atoms with Crippen LogP contribution in [0.25, 0.3) is 6.08 Å². The van der Waals surface area contributed by atoms with Crippen molar-refractivity contribution >= 4 is 12.0 Å². The first-order valence-electron chi connectivity index (χ1n) is 10.2. The molecule has 0 atom stereocenters. The van der Waals surface area contributed by atoms with Gasteiger partial charge in [0.05, 0.1) is 12.2 Å². The monoisotopic (exact) mass is 422 g/mol. The fourth-order valence-corrected chi connectivity index (χ4v) is 3.90. The fraction of sp³-hybridized carbons (Fsp3) is 0.250. The van der Waals surface area contributed by atoms with Gasteiger partial charge in [-0.05, 0) is 41.5 Å². The van der Waals surface area contributed by atoms with Gasteiger partial charge in [-0.1, -0.05) is 24.3 Å². The maximum Gasteiger partial charge on any atom is 0.246 e. The van der Waals surface area contributed by atoms with Gasteiger partial charge in [-0.2, -0.15) is 5.10 Å². The van der Waals surface area contributed by atoms with Crippen LogP contribution in [0.3, 0.4) is 0 Å². The van der Waals surface area contributed by atoms with Gasteiger partial charge < -0.3 is 4.90 Å². The number of carbonyl (C=O) groups is 1. The molecule has 3 aromatic rings. The third-order valence-electron chi connectivity index (χ3n) is 5.51. The van der Waals surface area contributed by atoms with Crippen molar-refractivity contribution in [1.29, 1.82) is 0 Å². The molecule has 0 radical (unpaired) electrons. The summed E-state index contributed by atoms with van der Waals surface area (Å²) in [5.41, 5.74) is 2.75. The predicted octanol–water partition coefficient (Wildman–Crippen LogP) is 3.65. The van der Waals surface area contributed by atoms with Crippen molar-refractivity contribution < 1.29 is 13.6 Å². The van der Waals surface area contributed by atoms with Crippen LogP contribution < -0.4 is 0 Å². The van der Waals surface area contributed by atoms with Gasteiger partial charge in [-0.25, -0.2) is 8.78 Å². The Morgan fingerprint density at radius 2 is 1.48 bits per heavy atom. The van der Waals surface area contributed by atoms with Crippen molar-refractivity contribution in [1.82, 2.24) is 19.6 Å². The zero-order chi connectivity index (χ0) is 21.8. The quantitative estimate of drug-likeness (QED) is 0.590. The molecule has 31 heavy (non-hydrogen) atoms. The number of aromatic nitrogens is 2. The van der Waals surface area contributed by atoms with Gasteiger partial charge in [0.2, 0.25) is 5.91 Å². The number of amides is 1. The second kappa shape index (κ2) is 9.22. The third kappa shape index (κ3) is 5.06. The first-order valence-corrected chi connectivity index (χ1v) is 10.2. The van der Waals surface area contributed by atoms with Crippen molar-refractivity contribution in [3.05, 3.63) is 95.3 Å². The lowest BCUT2D eigenvalue weighted by Crippen LogP contribution is -2.49. The van der Waals surface area contributed by atoms with E-state index in [0.717, 1.165) is 16.7 Å². The van der Waals surface area contributed by atoms with Crippen LogP contribution in [0.2, 0.25) is 0 Å². The van der Waals surface area contributed by atoms with E-state index in [1.165, 1.54) is 24.3 Å². The minimum atomic E-state index is -0.294. The molecule has 7 heteroatoms. The summed E-state index contributed by atoms with van der Waals surface area (Å²) in [6, 6.07) is 12.7. The molecule has 1 aromatic heterocycles. The van der Waals surface area contributed by atoms with E-state index in [1.54, 1.807) is 47.3 Å². The molecular weight excluding hydrogens is 398 g/mol. The lowest BCUT2D eigenvalue weighted by atomic mass is 9.96. The van der Waals surface area contributed by atoms with Gasteiger partial charge in [-0.3, -0.25) is 14.4 Å². The number of hydrogen-bond donors (Lipinski definition) is 0. The van der Waals surface area contributed by atoms with Crippen molar-refractivity contribution in [2.45, 2.75) is 6.04 Å². The number of carbonyl (C=O) groups excluding carboxylic acids is 1. The summed E-state index contributed by atoms with van der Waals surface area (Å²) < 4.78 is 28.6. The van der Waals surface area contributed by atoms with Crippen molar-refractivity contribution in [3.8, 4) is 0 Å². The van der Waals surface area contributed by atoms with E-state index in [-0.39, 0.29) is 23.6 Å². The summed E-state index contributed by atoms with van der Waals surface area (Å²) >= 11 is 0. The Morgan fingerprint density at radius 3 is 1.97 bits per heavy atom. The second-order valence-corrected chi connectivity index (χ2v) is 7.65. The molecule has 0 aliphatic carbocycles. The Morgan fingerprint density at radius 1 is 0.935 bits per heavy atom. The highest BCUT2D eigenvalue weighted by molar-refractivity contribution is 5.91. The molecule has 2 aromatic carbocycles. The molecular formula is C24H24F2N4O. The molecule has 0 bridgehead atoms. The standard InChI is InChI=1S/C24H24F2N4O/c1-28-17-18(16-27-28)2-11-23(31)29-12-14-30(15-13-29)24(19-3-7-21(25)8-4-19)20-5-9-22(26)10-6-20/h2-11,16-17,24H,12-15H2,1H3. The number of piperazine rings is 1. The number of aryl methyl sites for hydroxylation is 1. The Balaban J connectivity index is 1.47. The summed E-state index contributed by atoms with van der Waals surface area (Å²) in [6.45, 7) is 2.47.